The monoisotopic (exact) mass is 422 g/mol. The number of carbonyl (C=O) groups is 1. The Bertz CT molecular complexity index is 965. The van der Waals surface area contributed by atoms with Crippen LogP contribution in [0.4, 0.5) is 0 Å². The van der Waals surface area contributed by atoms with E-state index in [-0.39, 0.29) is 16.9 Å². The number of hydrogen-bond acceptors (Lipinski definition) is 5. The van der Waals surface area contributed by atoms with Gasteiger partial charge in [0.15, 0.2) is 0 Å². The number of nitrogens with one attached hydrogen (secondary N) is 1. The molecule has 0 heterocycles. The molecule has 0 aliphatic rings. The van der Waals surface area contributed by atoms with Gasteiger partial charge in [-0.2, -0.15) is 5.26 Å². The summed E-state index contributed by atoms with van der Waals surface area (Å²) in [6.07, 6.45) is -0.116. The number of hydrogen-bond donors (Lipinski definition) is 1. The molecular formula is C17H15BrN2O4S. The Morgan fingerprint density at radius 1 is 1.28 bits per heavy atom. The first-order valence-corrected chi connectivity index (χ1v) is 9.42. The van der Waals surface area contributed by atoms with E-state index in [2.05, 4.69) is 15.9 Å². The van der Waals surface area contributed by atoms with Crippen LogP contribution < -0.4 is 9.46 Å². The van der Waals surface area contributed by atoms with Crippen LogP contribution in [0.5, 0.6) is 5.75 Å². The van der Waals surface area contributed by atoms with Crippen LogP contribution in [0.15, 0.2) is 45.8 Å². The van der Waals surface area contributed by atoms with Crippen molar-refractivity contribution < 1.29 is 17.9 Å². The van der Waals surface area contributed by atoms with E-state index in [0.717, 1.165) is 5.56 Å². The number of sulfonamides is 1. The van der Waals surface area contributed by atoms with E-state index < -0.39 is 15.9 Å². The second-order valence-electron chi connectivity index (χ2n) is 5.30. The summed E-state index contributed by atoms with van der Waals surface area (Å²) in [7, 11) is -2.55. The van der Waals surface area contributed by atoms with Crippen molar-refractivity contribution in [2.45, 2.75) is 18.2 Å². The maximum absolute atomic E-state index is 12.3. The summed E-state index contributed by atoms with van der Waals surface area (Å²) in [5.74, 6) is -0.0526. The minimum Gasteiger partial charge on any atom is -0.496 e. The van der Waals surface area contributed by atoms with Crippen molar-refractivity contribution in [1.29, 1.82) is 5.26 Å². The molecular weight excluding hydrogens is 408 g/mol. The molecule has 8 heteroatoms. The van der Waals surface area contributed by atoms with Crippen LogP contribution in [0, 0.1) is 18.3 Å². The van der Waals surface area contributed by atoms with Gasteiger partial charge in [-0.25, -0.2) is 13.1 Å². The zero-order valence-corrected chi connectivity index (χ0v) is 15.9. The van der Waals surface area contributed by atoms with Gasteiger partial charge in [0.1, 0.15) is 5.75 Å². The summed E-state index contributed by atoms with van der Waals surface area (Å²) in [6.45, 7) is 1.87. The molecule has 25 heavy (non-hydrogen) atoms. The molecule has 0 spiro atoms. The lowest BCUT2D eigenvalue weighted by atomic mass is 10.1. The van der Waals surface area contributed by atoms with Crippen LogP contribution in [-0.2, 0) is 21.2 Å². The molecule has 2 rings (SSSR count). The highest BCUT2D eigenvalue weighted by atomic mass is 79.9. The zero-order valence-electron chi connectivity index (χ0n) is 13.5. The Morgan fingerprint density at radius 3 is 2.64 bits per heavy atom. The largest absolute Gasteiger partial charge is 0.496 e. The fourth-order valence-electron chi connectivity index (χ4n) is 2.19. The van der Waals surface area contributed by atoms with E-state index in [1.54, 1.807) is 18.2 Å². The minimum atomic E-state index is -4.07. The number of ether oxygens (including phenoxy) is 1. The van der Waals surface area contributed by atoms with Crippen LogP contribution in [0.3, 0.4) is 0 Å². The van der Waals surface area contributed by atoms with Gasteiger partial charge < -0.3 is 4.74 Å². The van der Waals surface area contributed by atoms with Crippen molar-refractivity contribution in [2.24, 2.45) is 0 Å². The average Bonchev–Trinajstić information content (AvgIpc) is 2.55. The number of nitrogens with zero attached hydrogens (tertiary/aromatic N) is 1. The SMILES string of the molecule is COc1cc(CC(=O)NS(=O)(=O)c2cc(Br)cc(C#N)c2)ccc1C. The van der Waals surface area contributed by atoms with Crippen molar-refractivity contribution in [3.8, 4) is 11.8 Å². The normalized spacial score (nSPS) is 10.8. The fourth-order valence-corrected chi connectivity index (χ4v) is 3.89. The number of benzene rings is 2. The standard InChI is InChI=1S/C17H15BrN2O4S/c1-11-3-4-12(7-16(11)24-2)8-17(21)20-25(22,23)15-6-13(10-19)5-14(18)9-15/h3-7,9H,8H2,1-2H3,(H,20,21). The molecule has 2 aromatic rings. The van der Waals surface area contributed by atoms with E-state index >= 15 is 0 Å². The second kappa shape index (κ2) is 7.68. The number of amides is 1. The van der Waals surface area contributed by atoms with Crippen molar-refractivity contribution in [2.75, 3.05) is 7.11 Å². The molecule has 0 fully saturated rings. The average molecular weight is 423 g/mol. The summed E-state index contributed by atoms with van der Waals surface area (Å²) in [6, 6.07) is 11.1. The third-order valence-corrected chi connectivity index (χ3v) is 5.21. The molecule has 1 amide bonds. The van der Waals surface area contributed by atoms with E-state index in [4.69, 9.17) is 10.00 Å². The van der Waals surface area contributed by atoms with E-state index in [1.165, 1.54) is 25.3 Å². The van der Waals surface area contributed by atoms with Crippen LogP contribution >= 0.6 is 15.9 Å². The summed E-state index contributed by atoms with van der Waals surface area (Å²) < 4.78 is 32.3. The lowest BCUT2D eigenvalue weighted by Crippen LogP contribution is -2.31. The first-order chi connectivity index (χ1) is 11.7. The first kappa shape index (κ1) is 19.0. The van der Waals surface area contributed by atoms with E-state index in [9.17, 15) is 13.2 Å². The van der Waals surface area contributed by atoms with Crippen LogP contribution in [0.25, 0.3) is 0 Å². The first-order valence-electron chi connectivity index (χ1n) is 7.15. The predicted molar refractivity (Wildman–Crippen MR) is 95.6 cm³/mol. The highest BCUT2D eigenvalue weighted by Crippen LogP contribution is 2.21. The Morgan fingerprint density at radius 2 is 2.00 bits per heavy atom. The maximum atomic E-state index is 12.3. The molecule has 0 radical (unpaired) electrons. The molecule has 2 aromatic carbocycles. The quantitative estimate of drug-likeness (QED) is 0.798. The van der Waals surface area contributed by atoms with Crippen molar-refractivity contribution in [3.63, 3.8) is 0 Å². The van der Waals surface area contributed by atoms with Crippen molar-refractivity contribution >= 4 is 31.9 Å². The Kier molecular flexibility index (Phi) is 5.82. The van der Waals surface area contributed by atoms with Gasteiger partial charge in [-0.1, -0.05) is 28.1 Å². The van der Waals surface area contributed by atoms with Gasteiger partial charge in [-0.15, -0.1) is 0 Å². The molecule has 1 N–H and O–H groups in total. The molecule has 0 saturated heterocycles. The number of nitriles is 1. The number of rotatable bonds is 5. The van der Waals surface area contributed by atoms with Gasteiger partial charge >= 0.3 is 0 Å². The van der Waals surface area contributed by atoms with Gasteiger partial charge in [0.05, 0.1) is 30.1 Å². The minimum absolute atomic E-state index is 0.116. The number of methoxy groups -OCH3 is 1. The summed E-state index contributed by atoms with van der Waals surface area (Å²) >= 11 is 3.15. The summed E-state index contributed by atoms with van der Waals surface area (Å²) in [5, 5.41) is 8.94. The van der Waals surface area contributed by atoms with Gasteiger partial charge in [-0.3, -0.25) is 4.79 Å². The lowest BCUT2D eigenvalue weighted by molar-refractivity contribution is -0.118. The molecule has 0 bridgehead atoms. The third kappa shape index (κ3) is 4.81. The third-order valence-electron chi connectivity index (χ3n) is 3.40. The summed E-state index contributed by atoms with van der Waals surface area (Å²) in [4.78, 5) is 12.0. The van der Waals surface area contributed by atoms with E-state index in [1.807, 2.05) is 17.7 Å². The lowest BCUT2D eigenvalue weighted by Gasteiger charge is -2.10. The molecule has 130 valence electrons. The number of aryl methyl sites for hydroxylation is 1. The Labute approximate surface area is 154 Å². The summed E-state index contributed by atoms with van der Waals surface area (Å²) in [5.41, 5.74) is 1.71. The zero-order chi connectivity index (χ0) is 18.6. The van der Waals surface area contributed by atoms with Gasteiger partial charge in [0, 0.05) is 4.47 Å². The number of halogens is 1. The smallest absolute Gasteiger partial charge is 0.264 e. The highest BCUT2D eigenvalue weighted by Gasteiger charge is 2.19. The topological polar surface area (TPSA) is 96.3 Å². The molecule has 0 unspecified atom stereocenters. The van der Waals surface area contributed by atoms with Crippen LogP contribution in [0.2, 0.25) is 0 Å². The fraction of sp³-hybridized carbons (Fsp3) is 0.176. The maximum Gasteiger partial charge on any atom is 0.264 e. The van der Waals surface area contributed by atoms with Gasteiger partial charge in [0.2, 0.25) is 5.91 Å². The highest BCUT2D eigenvalue weighted by molar-refractivity contribution is 9.10. The van der Waals surface area contributed by atoms with Crippen molar-refractivity contribution in [1.82, 2.24) is 4.72 Å². The molecule has 0 saturated carbocycles. The Balaban J connectivity index is 2.19. The number of carbonyl (C=O) groups excluding carboxylic acids is 1. The molecule has 0 aliphatic heterocycles. The van der Waals surface area contributed by atoms with Crippen molar-refractivity contribution in [3.05, 3.63) is 57.6 Å². The molecule has 6 nitrogen and oxygen atoms in total. The van der Waals surface area contributed by atoms with Crippen LogP contribution in [0.1, 0.15) is 16.7 Å². The molecule has 0 aromatic heterocycles. The molecule has 0 aliphatic carbocycles. The predicted octanol–water partition coefficient (Wildman–Crippen LogP) is 2.69. The Hall–Kier alpha value is -2.37. The van der Waals surface area contributed by atoms with Gasteiger partial charge in [0.25, 0.3) is 10.0 Å². The second-order valence-corrected chi connectivity index (χ2v) is 7.89. The van der Waals surface area contributed by atoms with E-state index in [0.29, 0.717) is 15.8 Å². The molecule has 0 atom stereocenters. The van der Waals surface area contributed by atoms with Gasteiger partial charge in [-0.05, 0) is 42.3 Å². The van der Waals surface area contributed by atoms with Crippen LogP contribution in [-0.4, -0.2) is 21.4 Å².